The van der Waals surface area contributed by atoms with Gasteiger partial charge in [0, 0.05) is 26.2 Å². The summed E-state index contributed by atoms with van der Waals surface area (Å²) in [6.45, 7) is 2.56. The predicted molar refractivity (Wildman–Crippen MR) is 94.3 cm³/mol. The van der Waals surface area contributed by atoms with Crippen LogP contribution >= 0.6 is 0 Å². The Morgan fingerprint density at radius 3 is 2.54 bits per heavy atom. The minimum absolute atomic E-state index is 0.0339. The van der Waals surface area contributed by atoms with E-state index in [1.165, 1.54) is 29.6 Å². The summed E-state index contributed by atoms with van der Waals surface area (Å²) in [5.41, 5.74) is 5.37. The molecule has 0 saturated carbocycles. The predicted octanol–water partition coefficient (Wildman–Crippen LogP) is 0.894. The van der Waals surface area contributed by atoms with Crippen molar-refractivity contribution in [3.63, 3.8) is 0 Å². The van der Waals surface area contributed by atoms with E-state index in [9.17, 15) is 13.2 Å². The van der Waals surface area contributed by atoms with E-state index in [0.29, 0.717) is 32.7 Å². The Morgan fingerprint density at radius 2 is 1.96 bits per heavy atom. The van der Waals surface area contributed by atoms with Gasteiger partial charge in [0.15, 0.2) is 0 Å². The minimum Gasteiger partial charge on any atom is -0.496 e. The summed E-state index contributed by atoms with van der Waals surface area (Å²) in [7, 11) is -2.31. The first kappa shape index (κ1) is 18.4. The van der Waals surface area contributed by atoms with Gasteiger partial charge in [0.1, 0.15) is 11.5 Å². The number of ether oxygens (including phenoxy) is 1. The van der Waals surface area contributed by atoms with Crippen LogP contribution in [0.25, 0.3) is 0 Å². The van der Waals surface area contributed by atoms with Crippen molar-refractivity contribution in [2.24, 2.45) is 5.73 Å². The zero-order valence-corrected chi connectivity index (χ0v) is 15.2. The second-order valence-electron chi connectivity index (χ2n) is 5.99. The molecule has 1 saturated heterocycles. The van der Waals surface area contributed by atoms with Crippen molar-refractivity contribution in [3.05, 3.63) is 47.9 Å². The fourth-order valence-electron chi connectivity index (χ4n) is 2.94. The molecule has 0 aliphatic carbocycles. The number of sulfonamides is 1. The normalized spacial score (nSPS) is 16.5. The first-order valence-electron chi connectivity index (χ1n) is 8.14. The largest absolute Gasteiger partial charge is 0.496 e. The molecule has 1 aliphatic rings. The lowest BCUT2D eigenvalue weighted by atomic mass is 10.2. The highest BCUT2D eigenvalue weighted by atomic mass is 32.2. The maximum absolute atomic E-state index is 12.9. The lowest BCUT2D eigenvalue weighted by molar-refractivity contribution is 0.0997. The molecule has 0 atom stereocenters. The minimum atomic E-state index is -3.71. The van der Waals surface area contributed by atoms with Gasteiger partial charge in [0.2, 0.25) is 10.0 Å². The van der Waals surface area contributed by atoms with Gasteiger partial charge in [-0.15, -0.1) is 0 Å². The number of nitrogens with two attached hydrogens (primary N) is 1. The SMILES string of the molecule is COc1ccc(S(=O)(=O)N2CCN(Cc3ccco3)CC2)cc1C(N)=O. The van der Waals surface area contributed by atoms with E-state index in [1.54, 1.807) is 6.26 Å². The first-order chi connectivity index (χ1) is 12.4. The summed E-state index contributed by atoms with van der Waals surface area (Å²) >= 11 is 0. The smallest absolute Gasteiger partial charge is 0.252 e. The van der Waals surface area contributed by atoms with Gasteiger partial charge in [-0.3, -0.25) is 9.69 Å². The average molecular weight is 379 g/mol. The number of rotatable bonds is 6. The molecular weight excluding hydrogens is 358 g/mol. The molecule has 0 unspecified atom stereocenters. The van der Waals surface area contributed by atoms with Crippen LogP contribution in [0.3, 0.4) is 0 Å². The van der Waals surface area contributed by atoms with Crippen molar-refractivity contribution in [1.82, 2.24) is 9.21 Å². The van der Waals surface area contributed by atoms with E-state index in [0.717, 1.165) is 5.76 Å². The van der Waals surface area contributed by atoms with Crippen molar-refractivity contribution < 1.29 is 22.4 Å². The van der Waals surface area contributed by atoms with E-state index in [2.05, 4.69) is 4.90 Å². The number of carbonyl (C=O) groups excluding carboxylic acids is 1. The van der Waals surface area contributed by atoms with Crippen molar-refractivity contribution >= 4 is 15.9 Å². The summed E-state index contributed by atoms with van der Waals surface area (Å²) in [4.78, 5) is 13.7. The molecule has 0 radical (unpaired) electrons. The molecule has 26 heavy (non-hydrogen) atoms. The highest BCUT2D eigenvalue weighted by Gasteiger charge is 2.29. The Morgan fingerprint density at radius 1 is 1.23 bits per heavy atom. The third-order valence-corrected chi connectivity index (χ3v) is 6.26. The Kier molecular flexibility index (Phi) is 5.30. The molecule has 2 aromatic rings. The summed E-state index contributed by atoms with van der Waals surface area (Å²) in [6, 6.07) is 7.86. The molecule has 0 bridgehead atoms. The van der Waals surface area contributed by atoms with Gasteiger partial charge in [0.25, 0.3) is 5.91 Å². The van der Waals surface area contributed by atoms with Crippen LogP contribution in [0.2, 0.25) is 0 Å². The third-order valence-electron chi connectivity index (χ3n) is 4.36. The molecule has 1 fully saturated rings. The maximum atomic E-state index is 12.9. The molecular formula is C17H21N3O5S. The number of primary amides is 1. The highest BCUT2D eigenvalue weighted by molar-refractivity contribution is 7.89. The highest BCUT2D eigenvalue weighted by Crippen LogP contribution is 2.25. The molecule has 1 amide bonds. The zero-order chi connectivity index (χ0) is 18.7. The number of nitrogens with zero attached hydrogens (tertiary/aromatic N) is 2. The van der Waals surface area contributed by atoms with Crippen molar-refractivity contribution in [3.8, 4) is 5.75 Å². The molecule has 1 aromatic heterocycles. The number of carbonyl (C=O) groups is 1. The number of piperazine rings is 1. The van der Waals surface area contributed by atoms with Crippen molar-refractivity contribution in [1.29, 1.82) is 0 Å². The van der Waals surface area contributed by atoms with Gasteiger partial charge >= 0.3 is 0 Å². The molecule has 0 spiro atoms. The quantitative estimate of drug-likeness (QED) is 0.799. The fraction of sp³-hybridized carbons (Fsp3) is 0.353. The molecule has 1 aromatic carbocycles. The number of hydrogen-bond acceptors (Lipinski definition) is 6. The van der Waals surface area contributed by atoms with E-state index in [-0.39, 0.29) is 16.2 Å². The zero-order valence-electron chi connectivity index (χ0n) is 14.4. The number of methoxy groups -OCH3 is 1. The Bertz CT molecular complexity index is 872. The van der Waals surface area contributed by atoms with Crippen LogP contribution in [0.1, 0.15) is 16.1 Å². The number of benzene rings is 1. The van der Waals surface area contributed by atoms with Gasteiger partial charge in [-0.2, -0.15) is 4.31 Å². The van der Waals surface area contributed by atoms with Gasteiger partial charge in [-0.25, -0.2) is 8.42 Å². The topological polar surface area (TPSA) is 106 Å². The molecule has 1 aliphatic heterocycles. The van der Waals surface area contributed by atoms with E-state index >= 15 is 0 Å². The summed E-state index contributed by atoms with van der Waals surface area (Å²) in [5.74, 6) is 0.365. The van der Waals surface area contributed by atoms with Crippen molar-refractivity contribution in [2.45, 2.75) is 11.4 Å². The molecule has 2 N–H and O–H groups in total. The van der Waals surface area contributed by atoms with Crippen LogP contribution in [0.4, 0.5) is 0 Å². The summed E-state index contributed by atoms with van der Waals surface area (Å²) in [6.07, 6.45) is 1.62. The van der Waals surface area contributed by atoms with Gasteiger partial charge in [0.05, 0.1) is 30.4 Å². The fourth-order valence-corrected chi connectivity index (χ4v) is 4.39. The third kappa shape index (κ3) is 3.74. The average Bonchev–Trinajstić information content (AvgIpc) is 3.14. The van der Waals surface area contributed by atoms with Gasteiger partial charge in [-0.1, -0.05) is 0 Å². The van der Waals surface area contributed by atoms with E-state index in [4.69, 9.17) is 14.9 Å². The van der Waals surface area contributed by atoms with Crippen LogP contribution in [0, 0.1) is 0 Å². The molecule has 9 heteroatoms. The summed E-state index contributed by atoms with van der Waals surface area (Å²) < 4.78 is 37.6. The van der Waals surface area contributed by atoms with Crippen LogP contribution < -0.4 is 10.5 Å². The Balaban J connectivity index is 1.73. The maximum Gasteiger partial charge on any atom is 0.252 e. The van der Waals surface area contributed by atoms with Gasteiger partial charge in [-0.05, 0) is 30.3 Å². The van der Waals surface area contributed by atoms with Crippen LogP contribution in [0.15, 0.2) is 45.9 Å². The first-order valence-corrected chi connectivity index (χ1v) is 9.58. The number of hydrogen-bond donors (Lipinski definition) is 1. The molecule has 3 rings (SSSR count). The molecule has 140 valence electrons. The summed E-state index contributed by atoms with van der Waals surface area (Å²) in [5, 5.41) is 0. The molecule has 2 heterocycles. The monoisotopic (exact) mass is 379 g/mol. The van der Waals surface area contributed by atoms with Crippen molar-refractivity contribution in [2.75, 3.05) is 33.3 Å². The van der Waals surface area contributed by atoms with Gasteiger partial charge < -0.3 is 14.9 Å². The standard InChI is InChI=1S/C17H21N3O5S/c1-24-16-5-4-14(11-15(16)17(18)21)26(22,23)20-8-6-19(7-9-20)12-13-3-2-10-25-13/h2-5,10-11H,6-9,12H2,1H3,(H2,18,21). The second kappa shape index (κ2) is 7.48. The van der Waals surface area contributed by atoms with Crippen LogP contribution in [0.5, 0.6) is 5.75 Å². The lowest BCUT2D eigenvalue weighted by Crippen LogP contribution is -2.48. The van der Waals surface area contributed by atoms with E-state index < -0.39 is 15.9 Å². The van der Waals surface area contributed by atoms with Crippen LogP contribution in [-0.4, -0.2) is 56.8 Å². The molecule has 8 nitrogen and oxygen atoms in total. The number of furan rings is 1. The van der Waals surface area contributed by atoms with E-state index in [1.807, 2.05) is 12.1 Å². The lowest BCUT2D eigenvalue weighted by Gasteiger charge is -2.33. The Labute approximate surface area is 152 Å². The Hall–Kier alpha value is -2.36. The second-order valence-corrected chi connectivity index (χ2v) is 7.92. The van der Waals surface area contributed by atoms with Crippen LogP contribution in [-0.2, 0) is 16.6 Å². The number of amides is 1.